The summed E-state index contributed by atoms with van der Waals surface area (Å²) < 4.78 is 29.2. The molecule has 104 valence electrons. The second-order valence-corrected chi connectivity index (χ2v) is 6.88. The summed E-state index contributed by atoms with van der Waals surface area (Å²) in [6.07, 6.45) is 4.03. The van der Waals surface area contributed by atoms with E-state index in [0.29, 0.717) is 0 Å². The second kappa shape index (κ2) is 5.88. The van der Waals surface area contributed by atoms with Gasteiger partial charge in [0.25, 0.3) is 10.1 Å². The molecule has 0 amide bonds. The molecule has 1 aromatic carbocycles. The van der Waals surface area contributed by atoms with E-state index in [2.05, 4.69) is 6.58 Å². The van der Waals surface area contributed by atoms with Crippen LogP contribution in [0.3, 0.4) is 0 Å². The van der Waals surface area contributed by atoms with Gasteiger partial charge in [0.1, 0.15) is 0 Å². The molecule has 1 fully saturated rings. The summed E-state index contributed by atoms with van der Waals surface area (Å²) in [5, 5.41) is 0. The predicted molar refractivity (Wildman–Crippen MR) is 75.4 cm³/mol. The smallest absolute Gasteiger partial charge is 0.266 e. The van der Waals surface area contributed by atoms with Gasteiger partial charge in [-0.05, 0) is 50.7 Å². The Morgan fingerprint density at radius 1 is 1.32 bits per heavy atom. The molecule has 0 aliphatic heterocycles. The van der Waals surface area contributed by atoms with Crippen LogP contribution in [0.4, 0.5) is 0 Å². The molecular weight excluding hydrogens is 260 g/mol. The summed E-state index contributed by atoms with van der Waals surface area (Å²) in [4.78, 5) is 0.229. The molecule has 0 heterocycles. The maximum Gasteiger partial charge on any atom is 0.296 e. The summed E-state index contributed by atoms with van der Waals surface area (Å²) in [5.41, 5.74) is 2.23. The highest BCUT2D eigenvalue weighted by Crippen LogP contribution is 2.28. The van der Waals surface area contributed by atoms with Crippen molar-refractivity contribution in [3.63, 3.8) is 0 Å². The zero-order valence-electron chi connectivity index (χ0n) is 11.3. The van der Waals surface area contributed by atoms with Gasteiger partial charge in [-0.3, -0.25) is 4.18 Å². The average molecular weight is 280 g/mol. The highest BCUT2D eigenvalue weighted by molar-refractivity contribution is 7.86. The Balaban J connectivity index is 1.97. The highest BCUT2D eigenvalue weighted by atomic mass is 32.2. The fourth-order valence-corrected chi connectivity index (χ4v) is 3.33. The monoisotopic (exact) mass is 280 g/mol. The van der Waals surface area contributed by atoms with E-state index in [9.17, 15) is 8.42 Å². The molecule has 0 radical (unpaired) electrons. The fourth-order valence-electron chi connectivity index (χ4n) is 2.35. The maximum atomic E-state index is 12.0. The lowest BCUT2D eigenvalue weighted by molar-refractivity contribution is 0.231. The summed E-state index contributed by atoms with van der Waals surface area (Å²) in [6.45, 7) is 6.15. The van der Waals surface area contributed by atoms with Gasteiger partial charge in [0.05, 0.1) is 11.5 Å². The van der Waals surface area contributed by atoms with Gasteiger partial charge in [-0.15, -0.1) is 0 Å². The topological polar surface area (TPSA) is 43.4 Å². The first-order chi connectivity index (χ1) is 8.97. The Labute approximate surface area is 115 Å². The highest BCUT2D eigenvalue weighted by Gasteiger charge is 2.21. The summed E-state index contributed by atoms with van der Waals surface area (Å²) in [5.74, 6) is 0.279. The summed E-state index contributed by atoms with van der Waals surface area (Å²) in [7, 11) is -3.62. The van der Waals surface area contributed by atoms with Crippen LogP contribution in [0.1, 0.15) is 31.2 Å². The molecule has 0 saturated heterocycles. The Morgan fingerprint density at radius 3 is 2.63 bits per heavy atom. The molecule has 1 unspecified atom stereocenters. The van der Waals surface area contributed by atoms with Gasteiger partial charge in [-0.2, -0.15) is 8.42 Å². The van der Waals surface area contributed by atoms with Crippen molar-refractivity contribution in [1.82, 2.24) is 0 Å². The van der Waals surface area contributed by atoms with Crippen molar-refractivity contribution in [2.24, 2.45) is 5.92 Å². The summed E-state index contributed by atoms with van der Waals surface area (Å²) in [6, 6.07) is 6.73. The Morgan fingerprint density at radius 2 is 2.00 bits per heavy atom. The standard InChI is InChI=1S/C15H20O3S/c1-12-6-8-15(9-7-12)19(16,17)18-11-14-5-3-4-13(2)10-14/h6-9,14H,2-5,10-11H2,1H3. The number of allylic oxidation sites excluding steroid dienone is 1. The van der Waals surface area contributed by atoms with E-state index in [4.69, 9.17) is 4.18 Å². The van der Waals surface area contributed by atoms with Crippen molar-refractivity contribution in [2.45, 2.75) is 37.5 Å². The second-order valence-electron chi connectivity index (χ2n) is 5.26. The third kappa shape index (κ3) is 3.91. The number of rotatable bonds is 4. The molecular formula is C15H20O3S. The molecule has 1 saturated carbocycles. The van der Waals surface area contributed by atoms with Crippen molar-refractivity contribution in [2.75, 3.05) is 6.61 Å². The third-order valence-electron chi connectivity index (χ3n) is 3.49. The Hall–Kier alpha value is -1.13. The SMILES string of the molecule is C=C1CCCC(COS(=O)(=O)c2ccc(C)cc2)C1. The van der Waals surface area contributed by atoms with Crippen LogP contribution in [0.15, 0.2) is 41.3 Å². The lowest BCUT2D eigenvalue weighted by Crippen LogP contribution is -2.18. The number of aryl methyl sites for hydroxylation is 1. The van der Waals surface area contributed by atoms with Crippen molar-refractivity contribution in [3.05, 3.63) is 42.0 Å². The van der Waals surface area contributed by atoms with Crippen LogP contribution in [0, 0.1) is 12.8 Å². The minimum absolute atomic E-state index is 0.229. The summed E-state index contributed by atoms with van der Waals surface area (Å²) >= 11 is 0. The molecule has 19 heavy (non-hydrogen) atoms. The van der Waals surface area contributed by atoms with Gasteiger partial charge in [-0.1, -0.05) is 29.8 Å². The van der Waals surface area contributed by atoms with Gasteiger partial charge in [0, 0.05) is 0 Å². The maximum absolute atomic E-state index is 12.0. The normalized spacial score (nSPS) is 20.5. The largest absolute Gasteiger partial charge is 0.296 e. The van der Waals surface area contributed by atoms with Gasteiger partial charge in [0.15, 0.2) is 0 Å². The van der Waals surface area contributed by atoms with E-state index in [1.54, 1.807) is 24.3 Å². The van der Waals surface area contributed by atoms with E-state index in [1.165, 1.54) is 5.57 Å². The van der Waals surface area contributed by atoms with Crippen LogP contribution in [-0.4, -0.2) is 15.0 Å². The predicted octanol–water partition coefficient (Wildman–Crippen LogP) is 3.45. The first-order valence-corrected chi connectivity index (χ1v) is 8.01. The van der Waals surface area contributed by atoms with Gasteiger partial charge < -0.3 is 0 Å². The van der Waals surface area contributed by atoms with E-state index in [1.807, 2.05) is 6.92 Å². The van der Waals surface area contributed by atoms with Crippen LogP contribution >= 0.6 is 0 Å². The van der Waals surface area contributed by atoms with Crippen molar-refractivity contribution in [1.29, 1.82) is 0 Å². The van der Waals surface area contributed by atoms with Gasteiger partial charge in [0.2, 0.25) is 0 Å². The molecule has 3 nitrogen and oxygen atoms in total. The van der Waals surface area contributed by atoms with Crippen LogP contribution < -0.4 is 0 Å². The van der Waals surface area contributed by atoms with Crippen molar-refractivity contribution >= 4 is 10.1 Å². The zero-order valence-corrected chi connectivity index (χ0v) is 12.1. The first-order valence-electron chi connectivity index (χ1n) is 6.60. The first kappa shape index (κ1) is 14.3. The van der Waals surface area contributed by atoms with Crippen LogP contribution in [0.5, 0.6) is 0 Å². The molecule has 1 aromatic rings. The van der Waals surface area contributed by atoms with E-state index in [0.717, 1.165) is 31.2 Å². The average Bonchev–Trinajstić information content (AvgIpc) is 2.37. The number of benzene rings is 1. The molecule has 1 aliphatic rings. The zero-order chi connectivity index (χ0) is 13.9. The van der Waals surface area contributed by atoms with E-state index >= 15 is 0 Å². The Bertz CT molecular complexity index is 543. The van der Waals surface area contributed by atoms with Crippen LogP contribution in [0.2, 0.25) is 0 Å². The van der Waals surface area contributed by atoms with Crippen LogP contribution in [0.25, 0.3) is 0 Å². The minimum atomic E-state index is -3.62. The molecule has 0 N–H and O–H groups in total. The third-order valence-corrected chi connectivity index (χ3v) is 4.78. The molecule has 1 aliphatic carbocycles. The molecule has 0 aromatic heterocycles. The van der Waals surface area contributed by atoms with Gasteiger partial charge in [-0.25, -0.2) is 0 Å². The van der Waals surface area contributed by atoms with Gasteiger partial charge >= 0.3 is 0 Å². The van der Waals surface area contributed by atoms with Crippen molar-refractivity contribution < 1.29 is 12.6 Å². The van der Waals surface area contributed by atoms with Crippen molar-refractivity contribution in [3.8, 4) is 0 Å². The van der Waals surface area contributed by atoms with Crippen LogP contribution in [-0.2, 0) is 14.3 Å². The number of hydrogen-bond donors (Lipinski definition) is 0. The molecule has 2 rings (SSSR count). The quantitative estimate of drug-likeness (QED) is 0.626. The number of hydrogen-bond acceptors (Lipinski definition) is 3. The lowest BCUT2D eigenvalue weighted by atomic mass is 9.87. The van der Waals surface area contributed by atoms with E-state index in [-0.39, 0.29) is 17.4 Å². The molecule has 4 heteroatoms. The van der Waals surface area contributed by atoms with E-state index < -0.39 is 10.1 Å². The Kier molecular flexibility index (Phi) is 4.42. The molecule has 0 spiro atoms. The lowest BCUT2D eigenvalue weighted by Gasteiger charge is -2.22. The molecule has 1 atom stereocenters. The minimum Gasteiger partial charge on any atom is -0.266 e. The fraction of sp³-hybridized carbons (Fsp3) is 0.467. The molecule has 0 bridgehead atoms.